The van der Waals surface area contributed by atoms with Crippen LogP contribution in [0.1, 0.15) is 18.2 Å². The van der Waals surface area contributed by atoms with Gasteiger partial charge in [-0.2, -0.15) is 0 Å². The van der Waals surface area contributed by atoms with Crippen LogP contribution in [-0.2, 0) is 20.3 Å². The summed E-state index contributed by atoms with van der Waals surface area (Å²) in [4.78, 5) is 14.8. The summed E-state index contributed by atoms with van der Waals surface area (Å²) in [6.45, 7) is 7.93. The van der Waals surface area contributed by atoms with Crippen molar-refractivity contribution in [2.75, 3.05) is 30.9 Å². The Morgan fingerprint density at radius 1 is 1.25 bits per heavy atom. The molecule has 4 heterocycles. The van der Waals surface area contributed by atoms with E-state index in [2.05, 4.69) is 28.7 Å². The number of sulfone groups is 1. The SMILES string of the molecule is [CH2]c1cc2nc(-c3cc(CS(C)(=O)=O)cc(N4CCOC[C@H]4C)n3)ccc2[nH]1. The highest BCUT2D eigenvalue weighted by Gasteiger charge is 2.22. The molecule has 0 aromatic carbocycles. The number of hydrogen-bond donors (Lipinski definition) is 1. The van der Waals surface area contributed by atoms with Gasteiger partial charge in [-0.25, -0.2) is 18.4 Å². The Bertz CT molecular complexity index is 1120. The molecule has 1 atom stereocenters. The normalized spacial score (nSPS) is 18.0. The second-order valence-corrected chi connectivity index (χ2v) is 9.47. The van der Waals surface area contributed by atoms with E-state index in [1.165, 1.54) is 6.26 Å². The van der Waals surface area contributed by atoms with Crippen molar-refractivity contribution >= 4 is 26.7 Å². The number of hydrogen-bond acceptors (Lipinski definition) is 6. The van der Waals surface area contributed by atoms with Crippen LogP contribution in [0.3, 0.4) is 0 Å². The van der Waals surface area contributed by atoms with Crippen LogP contribution >= 0.6 is 0 Å². The summed E-state index contributed by atoms with van der Waals surface area (Å²) < 4.78 is 29.3. The first-order valence-electron chi connectivity index (χ1n) is 9.14. The van der Waals surface area contributed by atoms with E-state index in [1.54, 1.807) is 0 Å². The highest BCUT2D eigenvalue weighted by Crippen LogP contribution is 2.27. The van der Waals surface area contributed by atoms with E-state index in [4.69, 9.17) is 9.72 Å². The number of H-pyrrole nitrogens is 1. The van der Waals surface area contributed by atoms with Crippen molar-refractivity contribution in [1.82, 2.24) is 15.0 Å². The largest absolute Gasteiger partial charge is 0.377 e. The summed E-state index contributed by atoms with van der Waals surface area (Å²) in [5, 5.41) is 0. The van der Waals surface area contributed by atoms with Gasteiger partial charge in [0.05, 0.1) is 47.4 Å². The van der Waals surface area contributed by atoms with Gasteiger partial charge < -0.3 is 14.6 Å². The number of nitrogens with zero attached hydrogens (tertiary/aromatic N) is 3. The predicted octanol–water partition coefficient (Wildman–Crippen LogP) is 2.58. The predicted molar refractivity (Wildman–Crippen MR) is 110 cm³/mol. The lowest BCUT2D eigenvalue weighted by Crippen LogP contribution is -2.44. The molecule has 8 heteroatoms. The van der Waals surface area contributed by atoms with E-state index in [1.807, 2.05) is 30.3 Å². The van der Waals surface area contributed by atoms with Crippen LogP contribution in [0.15, 0.2) is 30.3 Å². The van der Waals surface area contributed by atoms with Crippen LogP contribution in [-0.4, -0.2) is 55.4 Å². The third-order valence-corrected chi connectivity index (χ3v) is 5.61. The highest BCUT2D eigenvalue weighted by molar-refractivity contribution is 7.89. The average Bonchev–Trinajstić information content (AvgIpc) is 2.99. The molecule has 1 fully saturated rings. The number of aromatic amines is 1. The van der Waals surface area contributed by atoms with Gasteiger partial charge in [-0.3, -0.25) is 0 Å². The third-order valence-electron chi connectivity index (χ3n) is 4.76. The summed E-state index contributed by atoms with van der Waals surface area (Å²) in [5.41, 5.74) is 4.56. The topological polar surface area (TPSA) is 88.2 Å². The quantitative estimate of drug-likeness (QED) is 0.725. The monoisotopic (exact) mass is 399 g/mol. The van der Waals surface area contributed by atoms with Crippen molar-refractivity contribution in [3.63, 3.8) is 0 Å². The lowest BCUT2D eigenvalue weighted by molar-refractivity contribution is 0.0985. The molecule has 1 aliphatic heterocycles. The van der Waals surface area contributed by atoms with E-state index in [9.17, 15) is 8.42 Å². The van der Waals surface area contributed by atoms with Gasteiger partial charge in [0.1, 0.15) is 5.82 Å². The molecule has 1 aliphatic rings. The van der Waals surface area contributed by atoms with Gasteiger partial charge in [0.2, 0.25) is 0 Å². The molecule has 3 aromatic heterocycles. The standard InChI is InChI=1S/C20H23N4O3S/c1-13-8-18-16(21-13)4-5-17(22-18)19-9-15(12-28(3,25)26)10-20(23-19)24-6-7-27-11-14(24)2/h4-5,8-10,14,21H,1,6-7,11-12H2,2-3H3/t14-/m1/s1. The van der Waals surface area contributed by atoms with Crippen LogP contribution < -0.4 is 4.90 Å². The second kappa shape index (κ2) is 7.18. The Labute approximate surface area is 164 Å². The molecule has 0 aliphatic carbocycles. The van der Waals surface area contributed by atoms with Crippen molar-refractivity contribution < 1.29 is 13.2 Å². The van der Waals surface area contributed by atoms with Gasteiger partial charge in [-0.05, 0) is 49.7 Å². The van der Waals surface area contributed by atoms with Crippen LogP contribution in [0.5, 0.6) is 0 Å². The molecule has 7 nitrogen and oxygen atoms in total. The summed E-state index contributed by atoms with van der Waals surface area (Å²) in [6, 6.07) is 9.53. The Morgan fingerprint density at radius 3 is 2.82 bits per heavy atom. The van der Waals surface area contributed by atoms with Gasteiger partial charge in [0, 0.05) is 18.5 Å². The molecule has 0 amide bonds. The molecule has 0 unspecified atom stereocenters. The Balaban J connectivity index is 1.81. The minimum absolute atomic E-state index is 0.0380. The molecule has 3 aromatic rings. The molecular weight excluding hydrogens is 376 g/mol. The van der Waals surface area contributed by atoms with Crippen LogP contribution in [0, 0.1) is 6.92 Å². The molecule has 1 N–H and O–H groups in total. The van der Waals surface area contributed by atoms with Gasteiger partial charge in [-0.15, -0.1) is 0 Å². The maximum atomic E-state index is 11.9. The van der Waals surface area contributed by atoms with Crippen molar-refractivity contribution in [1.29, 1.82) is 0 Å². The molecule has 0 bridgehead atoms. The summed E-state index contributed by atoms with van der Waals surface area (Å²) >= 11 is 0. The van der Waals surface area contributed by atoms with Crippen molar-refractivity contribution in [3.05, 3.63) is 48.5 Å². The first-order chi connectivity index (χ1) is 13.3. The first-order valence-corrected chi connectivity index (χ1v) is 11.2. The van der Waals surface area contributed by atoms with E-state index in [0.29, 0.717) is 36.7 Å². The zero-order valence-electron chi connectivity index (χ0n) is 16.0. The fourth-order valence-electron chi connectivity index (χ4n) is 3.51. The van der Waals surface area contributed by atoms with Gasteiger partial charge >= 0.3 is 0 Å². The number of ether oxygens (including phenoxy) is 1. The summed E-state index contributed by atoms with van der Waals surface area (Å²) in [6.07, 6.45) is 1.24. The minimum atomic E-state index is -3.17. The number of pyridine rings is 2. The van der Waals surface area contributed by atoms with Gasteiger partial charge in [0.15, 0.2) is 9.84 Å². The minimum Gasteiger partial charge on any atom is -0.377 e. The van der Waals surface area contributed by atoms with E-state index < -0.39 is 9.84 Å². The van der Waals surface area contributed by atoms with Gasteiger partial charge in [-0.1, -0.05) is 0 Å². The highest BCUT2D eigenvalue weighted by atomic mass is 32.2. The Kier molecular flexibility index (Phi) is 4.84. The maximum Gasteiger partial charge on any atom is 0.151 e. The second-order valence-electron chi connectivity index (χ2n) is 7.33. The molecule has 28 heavy (non-hydrogen) atoms. The number of morpholine rings is 1. The Morgan fingerprint density at radius 2 is 2.07 bits per heavy atom. The van der Waals surface area contributed by atoms with E-state index >= 15 is 0 Å². The summed E-state index contributed by atoms with van der Waals surface area (Å²) in [7, 11) is -3.17. The average molecular weight is 399 g/mol. The fraction of sp³-hybridized carbons (Fsp3) is 0.350. The number of rotatable bonds is 4. The van der Waals surface area contributed by atoms with Gasteiger partial charge in [0.25, 0.3) is 0 Å². The molecular formula is C20H23N4O3S. The molecule has 1 saturated heterocycles. The van der Waals surface area contributed by atoms with Crippen LogP contribution in [0.4, 0.5) is 5.82 Å². The smallest absolute Gasteiger partial charge is 0.151 e. The molecule has 0 saturated carbocycles. The van der Waals surface area contributed by atoms with Crippen molar-refractivity contribution in [3.8, 4) is 11.4 Å². The number of fused-ring (bicyclic) bond motifs is 1. The molecule has 0 spiro atoms. The number of aromatic nitrogens is 3. The van der Waals surface area contributed by atoms with E-state index in [-0.39, 0.29) is 11.8 Å². The molecule has 1 radical (unpaired) electrons. The van der Waals surface area contributed by atoms with Crippen molar-refractivity contribution in [2.45, 2.75) is 18.7 Å². The Hall–Kier alpha value is -2.45. The lowest BCUT2D eigenvalue weighted by Gasteiger charge is -2.34. The fourth-order valence-corrected chi connectivity index (χ4v) is 4.28. The number of nitrogens with one attached hydrogen (secondary N) is 1. The lowest BCUT2D eigenvalue weighted by atomic mass is 10.1. The molecule has 4 rings (SSSR count). The zero-order chi connectivity index (χ0) is 19.9. The van der Waals surface area contributed by atoms with Crippen LogP contribution in [0.25, 0.3) is 22.4 Å². The summed E-state index contributed by atoms with van der Waals surface area (Å²) in [5.74, 6) is 0.713. The first kappa shape index (κ1) is 18.9. The van der Waals surface area contributed by atoms with Crippen molar-refractivity contribution in [2.24, 2.45) is 0 Å². The molecule has 147 valence electrons. The number of anilines is 1. The zero-order valence-corrected chi connectivity index (χ0v) is 16.8. The third kappa shape index (κ3) is 4.02. The van der Waals surface area contributed by atoms with E-state index in [0.717, 1.165) is 22.5 Å². The van der Waals surface area contributed by atoms with Crippen LogP contribution in [0.2, 0.25) is 0 Å². The maximum absolute atomic E-state index is 11.9.